The molecule has 0 amide bonds. The fourth-order valence-electron chi connectivity index (χ4n) is 0.802. The third-order valence-electron chi connectivity index (χ3n) is 1.35. The van der Waals surface area contributed by atoms with Crippen LogP contribution in [0.3, 0.4) is 0 Å². The molecule has 0 bridgehead atoms. The predicted molar refractivity (Wildman–Crippen MR) is 43.2 cm³/mol. The summed E-state index contributed by atoms with van der Waals surface area (Å²) in [7, 11) is 0. The van der Waals surface area contributed by atoms with Gasteiger partial charge in [0.05, 0.1) is 0 Å². The van der Waals surface area contributed by atoms with E-state index in [0.717, 1.165) is 12.8 Å². The smallest absolute Gasteiger partial charge is 0.00990 e. The van der Waals surface area contributed by atoms with Gasteiger partial charge in [0, 0.05) is 6.42 Å². The van der Waals surface area contributed by atoms with Crippen LogP contribution in [-0.2, 0) is 0 Å². The zero-order valence-electron chi connectivity index (χ0n) is 5.98. The molecule has 1 rings (SSSR count). The topological polar surface area (TPSA) is 0 Å². The van der Waals surface area contributed by atoms with Crippen molar-refractivity contribution in [2.75, 3.05) is 0 Å². The quantitative estimate of drug-likeness (QED) is 0.441. The minimum absolute atomic E-state index is 1.00. The maximum atomic E-state index is 3.00. The first kappa shape index (κ1) is 6.97. The fourth-order valence-corrected chi connectivity index (χ4v) is 0.802. The highest BCUT2D eigenvalue weighted by Gasteiger charge is 1.82. The normalized spacial score (nSPS) is 19.2. The van der Waals surface area contributed by atoms with E-state index in [1.165, 1.54) is 12.8 Å². The lowest BCUT2D eigenvalue weighted by atomic mass is 10.2. The summed E-state index contributed by atoms with van der Waals surface area (Å²) in [4.78, 5) is 0. The first-order valence-electron chi connectivity index (χ1n) is 3.63. The van der Waals surface area contributed by atoms with Gasteiger partial charge < -0.3 is 0 Å². The molecule has 50 valence electrons. The zero-order valence-corrected chi connectivity index (χ0v) is 5.98. The summed E-state index contributed by atoms with van der Waals surface area (Å²) >= 11 is 0. The molecule has 0 saturated carbocycles. The standard InChI is InChI=1S/C10H10/c1-2-4-6-8-10-9-7-5-3-1/h1-2H,3,5,7,9H2/b2-1-. The average Bonchev–Trinajstić information content (AvgIpc) is 2.01. The van der Waals surface area contributed by atoms with Crippen LogP contribution >= 0.6 is 0 Å². The molecule has 0 fully saturated rings. The molecule has 0 N–H and O–H groups in total. The molecule has 0 atom stereocenters. The van der Waals surface area contributed by atoms with E-state index in [9.17, 15) is 0 Å². The minimum Gasteiger partial charge on any atom is -0.0891 e. The molecular weight excluding hydrogens is 120 g/mol. The van der Waals surface area contributed by atoms with E-state index in [0.29, 0.717) is 0 Å². The average molecular weight is 130 g/mol. The predicted octanol–water partition coefficient (Wildman–Crippen LogP) is 2.12. The molecule has 0 aliphatic heterocycles. The second kappa shape index (κ2) is 4.71. The Hall–Kier alpha value is -1.14. The van der Waals surface area contributed by atoms with E-state index in [1.807, 2.05) is 6.08 Å². The van der Waals surface area contributed by atoms with Crippen molar-refractivity contribution in [2.24, 2.45) is 0 Å². The van der Waals surface area contributed by atoms with Crippen molar-refractivity contribution in [3.8, 4) is 23.7 Å². The zero-order chi connectivity index (χ0) is 7.07. The Morgan fingerprint density at radius 3 is 3.10 bits per heavy atom. The van der Waals surface area contributed by atoms with Crippen molar-refractivity contribution in [1.29, 1.82) is 0 Å². The largest absolute Gasteiger partial charge is 0.0891 e. The van der Waals surface area contributed by atoms with Gasteiger partial charge in [-0.25, -0.2) is 0 Å². The van der Waals surface area contributed by atoms with E-state index in [4.69, 9.17) is 0 Å². The second-order valence-corrected chi connectivity index (χ2v) is 2.22. The third-order valence-corrected chi connectivity index (χ3v) is 1.35. The second-order valence-electron chi connectivity index (χ2n) is 2.22. The van der Waals surface area contributed by atoms with Crippen LogP contribution in [0.5, 0.6) is 0 Å². The van der Waals surface area contributed by atoms with Crippen molar-refractivity contribution in [3.63, 3.8) is 0 Å². The Bertz CT molecular complexity index is 224. The summed E-state index contributed by atoms with van der Waals surface area (Å²) in [6, 6.07) is 0. The molecule has 0 unspecified atom stereocenters. The Morgan fingerprint density at radius 1 is 1.10 bits per heavy atom. The Kier molecular flexibility index (Phi) is 3.29. The SMILES string of the molecule is C1#C/C=C\CCCCC#C1. The Labute approximate surface area is 62.3 Å². The minimum atomic E-state index is 1.00. The van der Waals surface area contributed by atoms with Gasteiger partial charge in [0.15, 0.2) is 0 Å². The molecule has 1 aliphatic carbocycles. The lowest BCUT2D eigenvalue weighted by Crippen LogP contribution is -1.73. The van der Waals surface area contributed by atoms with Crippen LogP contribution in [0.4, 0.5) is 0 Å². The van der Waals surface area contributed by atoms with Crippen LogP contribution in [0.15, 0.2) is 12.2 Å². The molecule has 0 heterocycles. The lowest BCUT2D eigenvalue weighted by molar-refractivity contribution is 0.772. The molecule has 0 aromatic heterocycles. The highest BCUT2D eigenvalue weighted by atomic mass is 13.9. The van der Waals surface area contributed by atoms with E-state index in [1.54, 1.807) is 0 Å². The van der Waals surface area contributed by atoms with Crippen LogP contribution in [0.25, 0.3) is 0 Å². The van der Waals surface area contributed by atoms with Gasteiger partial charge in [-0.2, -0.15) is 0 Å². The van der Waals surface area contributed by atoms with E-state index >= 15 is 0 Å². The van der Waals surface area contributed by atoms with Gasteiger partial charge in [-0.15, -0.1) is 0 Å². The Balaban J connectivity index is 2.52. The van der Waals surface area contributed by atoms with Gasteiger partial charge in [0.1, 0.15) is 0 Å². The highest BCUT2D eigenvalue weighted by Crippen LogP contribution is 1.99. The lowest BCUT2D eigenvalue weighted by Gasteiger charge is -1.89. The monoisotopic (exact) mass is 130 g/mol. The maximum Gasteiger partial charge on any atom is 0.00990 e. The van der Waals surface area contributed by atoms with E-state index < -0.39 is 0 Å². The van der Waals surface area contributed by atoms with Crippen LogP contribution < -0.4 is 0 Å². The number of hydrogen-bond acceptors (Lipinski definition) is 0. The van der Waals surface area contributed by atoms with E-state index in [-0.39, 0.29) is 0 Å². The van der Waals surface area contributed by atoms with Gasteiger partial charge in [-0.3, -0.25) is 0 Å². The van der Waals surface area contributed by atoms with Gasteiger partial charge in [-0.1, -0.05) is 17.9 Å². The van der Waals surface area contributed by atoms with Gasteiger partial charge >= 0.3 is 0 Å². The summed E-state index contributed by atoms with van der Waals surface area (Å²) in [6.07, 6.45) is 8.60. The maximum absolute atomic E-state index is 3.00. The van der Waals surface area contributed by atoms with Gasteiger partial charge in [0.2, 0.25) is 0 Å². The molecule has 0 nitrogen and oxygen atoms in total. The summed E-state index contributed by atoms with van der Waals surface area (Å²) in [5, 5.41) is 0. The number of rotatable bonds is 0. The number of hydrogen-bond donors (Lipinski definition) is 0. The van der Waals surface area contributed by atoms with Crippen molar-refractivity contribution in [3.05, 3.63) is 12.2 Å². The van der Waals surface area contributed by atoms with Gasteiger partial charge in [0.25, 0.3) is 0 Å². The van der Waals surface area contributed by atoms with E-state index in [2.05, 4.69) is 29.8 Å². The van der Waals surface area contributed by atoms with Crippen LogP contribution in [0, 0.1) is 23.7 Å². The summed E-state index contributed by atoms with van der Waals surface area (Å²) in [6.45, 7) is 0. The fraction of sp³-hybridized carbons (Fsp3) is 0.400. The summed E-state index contributed by atoms with van der Waals surface area (Å²) in [5.41, 5.74) is 0. The summed E-state index contributed by atoms with van der Waals surface area (Å²) < 4.78 is 0. The molecular formula is C10H10. The molecule has 0 radical (unpaired) electrons. The molecule has 0 aromatic rings. The van der Waals surface area contributed by atoms with Crippen LogP contribution in [0.2, 0.25) is 0 Å². The van der Waals surface area contributed by atoms with Crippen LogP contribution in [-0.4, -0.2) is 0 Å². The van der Waals surface area contributed by atoms with Crippen molar-refractivity contribution < 1.29 is 0 Å². The summed E-state index contributed by atoms with van der Waals surface area (Å²) in [5.74, 6) is 11.4. The molecule has 1 aliphatic rings. The third kappa shape index (κ3) is 3.00. The molecule has 10 heavy (non-hydrogen) atoms. The first-order chi connectivity index (χ1) is 5.00. The molecule has 0 aromatic carbocycles. The Morgan fingerprint density at radius 2 is 2.10 bits per heavy atom. The number of allylic oxidation sites excluding steroid dienone is 2. The first-order valence-corrected chi connectivity index (χ1v) is 3.63. The van der Waals surface area contributed by atoms with Crippen molar-refractivity contribution >= 4 is 0 Å². The highest BCUT2D eigenvalue weighted by molar-refractivity contribution is 5.30. The molecule has 0 spiro atoms. The molecule has 0 saturated heterocycles. The van der Waals surface area contributed by atoms with Crippen LogP contribution in [0.1, 0.15) is 25.7 Å². The van der Waals surface area contributed by atoms with Gasteiger partial charge in [-0.05, 0) is 37.2 Å². The molecule has 0 heteroatoms. The van der Waals surface area contributed by atoms with Crippen molar-refractivity contribution in [2.45, 2.75) is 25.7 Å². The van der Waals surface area contributed by atoms with Crippen molar-refractivity contribution in [1.82, 2.24) is 0 Å².